The number of anilines is 3. The van der Waals surface area contributed by atoms with E-state index in [1.807, 2.05) is 42.6 Å². The van der Waals surface area contributed by atoms with Crippen molar-refractivity contribution in [2.45, 2.75) is 45.8 Å². The normalized spacial score (nSPS) is 13.7. The van der Waals surface area contributed by atoms with Crippen LogP contribution in [0.5, 0.6) is 0 Å². The maximum Gasteiger partial charge on any atom is 0.196 e. The van der Waals surface area contributed by atoms with E-state index in [-0.39, 0.29) is 0 Å². The topological polar surface area (TPSA) is 53.7 Å². The SMILES string of the molecule is CCCn1ccn1CC[n+]1cccc(N=Nc2ccc(Nc3ccc(N4CCCC4)cc3)cc2)c1. The minimum absolute atomic E-state index is 0.830. The first-order valence-corrected chi connectivity index (χ1v) is 12.6. The molecular weight excluding hydrogens is 434 g/mol. The Bertz CT molecular complexity index is 1230. The standard InChI is InChI=1S/C28H34N7/c1-2-15-34-21-22-35(34)20-19-32-16-5-6-27(23-32)31-30-26-9-7-24(8-10-26)29-25-11-13-28(14-12-25)33-17-3-4-18-33/h5-14,16,21-23,29H,2-4,15,17-20H2,1H3/q+1. The van der Waals surface area contributed by atoms with E-state index in [1.165, 1.54) is 31.6 Å². The van der Waals surface area contributed by atoms with E-state index in [0.29, 0.717) is 0 Å². The fourth-order valence-corrected chi connectivity index (χ4v) is 4.44. The predicted molar refractivity (Wildman–Crippen MR) is 141 cm³/mol. The Hall–Kier alpha value is -3.87. The maximum absolute atomic E-state index is 4.44. The zero-order valence-electron chi connectivity index (χ0n) is 20.4. The Labute approximate surface area is 207 Å². The highest BCUT2D eigenvalue weighted by atomic mass is 15.4. The summed E-state index contributed by atoms with van der Waals surface area (Å²) < 4.78 is 6.67. The van der Waals surface area contributed by atoms with Crippen LogP contribution >= 0.6 is 0 Å². The first kappa shape index (κ1) is 22.9. The zero-order valence-corrected chi connectivity index (χ0v) is 20.4. The van der Waals surface area contributed by atoms with Crippen molar-refractivity contribution in [2.24, 2.45) is 10.2 Å². The predicted octanol–water partition coefficient (Wildman–Crippen LogP) is 6.45. The molecule has 0 aliphatic carbocycles. The molecule has 1 saturated heterocycles. The van der Waals surface area contributed by atoms with Crippen molar-refractivity contribution in [3.63, 3.8) is 0 Å². The van der Waals surface area contributed by atoms with Gasteiger partial charge in [0.05, 0.1) is 12.2 Å². The summed E-state index contributed by atoms with van der Waals surface area (Å²) in [4.78, 5) is 2.45. The van der Waals surface area contributed by atoms with Gasteiger partial charge in [0.1, 0.15) is 5.69 Å². The summed E-state index contributed by atoms with van der Waals surface area (Å²) in [5.74, 6) is 0. The van der Waals surface area contributed by atoms with E-state index < -0.39 is 0 Å². The third-order valence-electron chi connectivity index (χ3n) is 6.40. The molecule has 7 heteroatoms. The number of azo groups is 1. The molecular formula is C28H34N7+. The van der Waals surface area contributed by atoms with Gasteiger partial charge in [-0.2, -0.15) is 5.11 Å². The van der Waals surface area contributed by atoms with Gasteiger partial charge >= 0.3 is 0 Å². The van der Waals surface area contributed by atoms with Crippen LogP contribution in [-0.2, 0) is 19.6 Å². The van der Waals surface area contributed by atoms with Crippen LogP contribution < -0.4 is 14.8 Å². The summed E-state index contributed by atoms with van der Waals surface area (Å²) in [5.41, 5.74) is 5.10. The van der Waals surface area contributed by atoms with Crippen LogP contribution in [-0.4, -0.2) is 22.5 Å². The Morgan fingerprint density at radius 3 is 2.14 bits per heavy atom. The van der Waals surface area contributed by atoms with E-state index >= 15 is 0 Å². The van der Waals surface area contributed by atoms with Gasteiger partial charge in [0.15, 0.2) is 18.9 Å². The van der Waals surface area contributed by atoms with Gasteiger partial charge in [-0.3, -0.25) is 9.36 Å². The van der Waals surface area contributed by atoms with Gasteiger partial charge in [0.2, 0.25) is 0 Å². The third kappa shape index (κ3) is 5.98. The van der Waals surface area contributed by atoms with Gasteiger partial charge in [0.25, 0.3) is 0 Å². The number of hydrogen-bond acceptors (Lipinski definition) is 4. The fraction of sp³-hybridized carbons (Fsp3) is 0.321. The van der Waals surface area contributed by atoms with Gasteiger partial charge in [0, 0.05) is 55.2 Å². The summed E-state index contributed by atoms with van der Waals surface area (Å²) in [5, 5.41) is 12.3. The van der Waals surface area contributed by atoms with Crippen LogP contribution in [0.3, 0.4) is 0 Å². The molecule has 3 heterocycles. The lowest BCUT2D eigenvalue weighted by Crippen LogP contribution is -2.36. The maximum atomic E-state index is 4.44. The van der Waals surface area contributed by atoms with Crippen LogP contribution in [0.2, 0.25) is 0 Å². The van der Waals surface area contributed by atoms with E-state index in [1.54, 1.807) is 0 Å². The first-order chi connectivity index (χ1) is 17.3. The van der Waals surface area contributed by atoms with Crippen molar-refractivity contribution in [3.8, 4) is 0 Å². The number of aromatic nitrogens is 3. The van der Waals surface area contributed by atoms with Crippen LogP contribution in [0.15, 0.2) is 95.7 Å². The highest BCUT2D eigenvalue weighted by molar-refractivity contribution is 5.64. The number of nitrogens with zero attached hydrogens (tertiary/aromatic N) is 6. The first-order valence-electron chi connectivity index (χ1n) is 12.6. The Morgan fingerprint density at radius 2 is 1.46 bits per heavy atom. The highest BCUT2D eigenvalue weighted by Gasteiger charge is 2.11. The quantitative estimate of drug-likeness (QED) is 0.215. The van der Waals surface area contributed by atoms with Crippen LogP contribution in [0, 0.1) is 0 Å². The number of pyridine rings is 1. The van der Waals surface area contributed by atoms with E-state index in [2.05, 4.69) is 84.2 Å². The minimum atomic E-state index is 0.830. The molecule has 7 nitrogen and oxygen atoms in total. The van der Waals surface area contributed by atoms with Gasteiger partial charge in [-0.1, -0.05) is 6.92 Å². The molecule has 2 aromatic carbocycles. The molecule has 4 aromatic rings. The molecule has 0 bridgehead atoms. The molecule has 0 unspecified atom stereocenters. The van der Waals surface area contributed by atoms with Crippen molar-refractivity contribution < 1.29 is 4.57 Å². The molecule has 1 aliphatic heterocycles. The second-order valence-corrected chi connectivity index (χ2v) is 9.04. The van der Waals surface area contributed by atoms with Gasteiger partial charge in [-0.05, 0) is 73.9 Å². The summed E-state index contributed by atoms with van der Waals surface area (Å²) in [7, 11) is 0. The molecule has 180 valence electrons. The monoisotopic (exact) mass is 468 g/mol. The summed E-state index contributed by atoms with van der Waals surface area (Å²) in [6.07, 6.45) is 12.1. The summed E-state index contributed by atoms with van der Waals surface area (Å²) in [6, 6.07) is 20.7. The van der Waals surface area contributed by atoms with Gasteiger partial charge < -0.3 is 10.2 Å². The van der Waals surface area contributed by atoms with Crippen LogP contribution in [0.4, 0.5) is 28.4 Å². The number of aryl methyl sites for hydroxylation is 3. The zero-order chi connectivity index (χ0) is 23.9. The number of rotatable bonds is 10. The lowest BCUT2D eigenvalue weighted by Gasteiger charge is -2.19. The molecule has 0 saturated carbocycles. The van der Waals surface area contributed by atoms with Gasteiger partial charge in [-0.25, -0.2) is 4.57 Å². The minimum Gasteiger partial charge on any atom is -0.372 e. The summed E-state index contributed by atoms with van der Waals surface area (Å²) >= 11 is 0. The van der Waals surface area contributed by atoms with Gasteiger partial charge in [-0.15, -0.1) is 5.11 Å². The molecule has 0 radical (unpaired) electrons. The second kappa shape index (κ2) is 11.0. The van der Waals surface area contributed by atoms with Crippen molar-refractivity contribution >= 4 is 28.4 Å². The molecule has 5 rings (SSSR count). The lowest BCUT2D eigenvalue weighted by molar-refractivity contribution is -0.697. The van der Waals surface area contributed by atoms with E-state index in [0.717, 1.165) is 48.8 Å². The molecule has 0 amide bonds. The van der Waals surface area contributed by atoms with Crippen LogP contribution in [0.1, 0.15) is 26.2 Å². The van der Waals surface area contributed by atoms with Crippen molar-refractivity contribution in [1.82, 2.24) is 9.36 Å². The summed E-state index contributed by atoms with van der Waals surface area (Å²) in [6.45, 7) is 7.43. The Morgan fingerprint density at radius 1 is 0.800 bits per heavy atom. The average molecular weight is 469 g/mol. The molecule has 0 spiro atoms. The van der Waals surface area contributed by atoms with E-state index in [4.69, 9.17) is 0 Å². The lowest BCUT2D eigenvalue weighted by atomic mass is 10.2. The Kier molecular flexibility index (Phi) is 7.22. The van der Waals surface area contributed by atoms with Crippen molar-refractivity contribution in [3.05, 3.63) is 85.5 Å². The molecule has 1 fully saturated rings. The Balaban J connectivity index is 1.15. The molecule has 1 N–H and O–H groups in total. The second-order valence-electron chi connectivity index (χ2n) is 9.04. The molecule has 1 aliphatic rings. The van der Waals surface area contributed by atoms with Crippen molar-refractivity contribution in [1.29, 1.82) is 0 Å². The molecule has 2 aromatic heterocycles. The molecule has 0 atom stereocenters. The third-order valence-corrected chi connectivity index (χ3v) is 6.40. The van der Waals surface area contributed by atoms with Crippen molar-refractivity contribution in [2.75, 3.05) is 23.3 Å². The average Bonchev–Trinajstić information content (AvgIpc) is 3.42. The number of benzene rings is 2. The largest absolute Gasteiger partial charge is 0.372 e. The number of nitrogens with one attached hydrogen (secondary N) is 1. The highest BCUT2D eigenvalue weighted by Crippen LogP contribution is 2.25. The fourth-order valence-electron chi connectivity index (χ4n) is 4.44. The van der Waals surface area contributed by atoms with E-state index in [9.17, 15) is 0 Å². The van der Waals surface area contributed by atoms with Crippen LogP contribution in [0.25, 0.3) is 0 Å². The number of hydrogen-bond donors (Lipinski definition) is 1. The smallest absolute Gasteiger partial charge is 0.196 e. The molecule has 35 heavy (non-hydrogen) atoms.